The summed E-state index contributed by atoms with van der Waals surface area (Å²) >= 11 is 5.75. The number of hydrogen-bond donors (Lipinski definition) is 2. The first kappa shape index (κ1) is 15.4. The van der Waals surface area contributed by atoms with Crippen LogP contribution in [0.25, 0.3) is 0 Å². The fourth-order valence-corrected chi connectivity index (χ4v) is 4.11. The van der Waals surface area contributed by atoms with E-state index in [1.165, 1.54) is 0 Å². The van der Waals surface area contributed by atoms with Crippen LogP contribution < -0.4 is 5.32 Å². The maximum atomic E-state index is 12.3. The Balaban J connectivity index is 2.01. The van der Waals surface area contributed by atoms with Crippen molar-refractivity contribution in [3.05, 3.63) is 12.2 Å². The van der Waals surface area contributed by atoms with Crippen molar-refractivity contribution in [1.29, 1.82) is 0 Å². The summed E-state index contributed by atoms with van der Waals surface area (Å²) in [6.45, 7) is 0. The number of nitrogens with one attached hydrogen (secondary N) is 1. The first-order valence-corrected chi connectivity index (χ1v) is 8.01. The molecule has 2 N–H and O–H groups in total. The van der Waals surface area contributed by atoms with Crippen LogP contribution in [0.3, 0.4) is 0 Å². The molecule has 0 spiro atoms. The van der Waals surface area contributed by atoms with Crippen LogP contribution in [0.2, 0.25) is 0 Å². The topological polar surface area (TPSA) is 75.6 Å². The van der Waals surface area contributed by atoms with Gasteiger partial charge in [0.15, 0.2) is 0 Å². The molecule has 0 radical (unpaired) electrons. The number of hydrogen-bond acceptors (Lipinski definition) is 4. The number of rotatable bonds is 4. The highest BCUT2D eigenvalue weighted by molar-refractivity contribution is 6.18. The zero-order valence-corrected chi connectivity index (χ0v) is 12.8. The Hall–Kier alpha value is -1.51. The highest BCUT2D eigenvalue weighted by Crippen LogP contribution is 2.53. The molecule has 3 aliphatic rings. The molecule has 0 aromatic carbocycles. The Labute approximate surface area is 134 Å². The minimum absolute atomic E-state index is 0.217. The molecular weight excluding hydrogens is 306 g/mol. The summed E-state index contributed by atoms with van der Waals surface area (Å²) in [4.78, 5) is 24.5. The van der Waals surface area contributed by atoms with Crippen molar-refractivity contribution in [3.8, 4) is 12.3 Å². The van der Waals surface area contributed by atoms with Crippen LogP contribution in [-0.4, -0.2) is 40.1 Å². The first-order valence-electron chi connectivity index (χ1n) is 7.47. The van der Waals surface area contributed by atoms with Crippen molar-refractivity contribution in [1.82, 2.24) is 5.32 Å². The monoisotopic (exact) mass is 323 g/mol. The summed E-state index contributed by atoms with van der Waals surface area (Å²) < 4.78 is 5.25. The van der Waals surface area contributed by atoms with Gasteiger partial charge >= 0.3 is 5.97 Å². The highest BCUT2D eigenvalue weighted by Gasteiger charge is 2.81. The van der Waals surface area contributed by atoms with E-state index in [0.29, 0.717) is 6.42 Å². The summed E-state index contributed by atoms with van der Waals surface area (Å²) in [6.07, 6.45) is 11.3. The van der Waals surface area contributed by atoms with E-state index in [9.17, 15) is 14.7 Å². The van der Waals surface area contributed by atoms with E-state index in [-0.39, 0.29) is 17.7 Å². The number of alkyl halides is 1. The highest BCUT2D eigenvalue weighted by atomic mass is 35.5. The number of halogens is 1. The van der Waals surface area contributed by atoms with Gasteiger partial charge < -0.3 is 15.2 Å². The van der Waals surface area contributed by atoms with Gasteiger partial charge in [-0.25, -0.2) is 4.79 Å². The largest absolute Gasteiger partial charge is 0.440 e. The second-order valence-electron chi connectivity index (χ2n) is 6.06. The Morgan fingerprint density at radius 1 is 1.59 bits per heavy atom. The smallest absolute Gasteiger partial charge is 0.341 e. The fourth-order valence-electron chi connectivity index (χ4n) is 3.89. The van der Waals surface area contributed by atoms with Crippen LogP contribution in [-0.2, 0) is 14.3 Å². The van der Waals surface area contributed by atoms with Gasteiger partial charge in [-0.05, 0) is 25.7 Å². The van der Waals surface area contributed by atoms with Gasteiger partial charge in [-0.1, -0.05) is 18.1 Å². The molecule has 0 aromatic rings. The lowest BCUT2D eigenvalue weighted by Crippen LogP contribution is -2.80. The number of fused-ring (bicyclic) bond motifs is 1. The van der Waals surface area contributed by atoms with Gasteiger partial charge in [0.1, 0.15) is 0 Å². The molecule has 118 valence electrons. The van der Waals surface area contributed by atoms with Crippen LogP contribution in [0.15, 0.2) is 12.2 Å². The lowest BCUT2D eigenvalue weighted by molar-refractivity contribution is -0.226. The molecule has 5 atom stereocenters. The molecule has 0 unspecified atom stereocenters. The Morgan fingerprint density at radius 3 is 2.91 bits per heavy atom. The maximum absolute atomic E-state index is 12.3. The number of ether oxygens (including phenoxy) is 1. The van der Waals surface area contributed by atoms with Crippen LogP contribution >= 0.6 is 11.6 Å². The Kier molecular flexibility index (Phi) is 3.70. The number of esters is 1. The van der Waals surface area contributed by atoms with Gasteiger partial charge in [-0.3, -0.25) is 4.79 Å². The predicted molar refractivity (Wildman–Crippen MR) is 79.8 cm³/mol. The molecule has 2 heterocycles. The van der Waals surface area contributed by atoms with Gasteiger partial charge in [-0.15, -0.1) is 18.0 Å². The summed E-state index contributed by atoms with van der Waals surface area (Å²) in [5.74, 6) is 0.672. The van der Waals surface area contributed by atoms with Gasteiger partial charge in [0.25, 0.3) is 0 Å². The van der Waals surface area contributed by atoms with Gasteiger partial charge in [0.2, 0.25) is 17.0 Å². The van der Waals surface area contributed by atoms with Crippen molar-refractivity contribution in [3.63, 3.8) is 0 Å². The molecule has 2 fully saturated rings. The normalized spacial score (nSPS) is 41.0. The third kappa shape index (κ3) is 1.71. The van der Waals surface area contributed by atoms with Gasteiger partial charge in [0.05, 0.1) is 12.0 Å². The van der Waals surface area contributed by atoms with E-state index in [0.717, 1.165) is 19.3 Å². The molecule has 22 heavy (non-hydrogen) atoms. The average Bonchev–Trinajstić information content (AvgIpc) is 2.73. The number of aliphatic hydroxyl groups is 1. The Morgan fingerprint density at radius 2 is 2.36 bits per heavy atom. The fraction of sp³-hybridized carbons (Fsp3) is 0.625. The van der Waals surface area contributed by atoms with E-state index in [1.54, 1.807) is 0 Å². The molecule has 2 saturated heterocycles. The average molecular weight is 324 g/mol. The number of amides is 1. The SMILES string of the molecule is C#C[C@@]12OC(=O)[C@]1([C@@H](O)[C@@H]1C=CCCC1)NC(=O)[C@@H]2CCCl. The molecule has 1 amide bonds. The Bertz CT molecular complexity index is 583. The molecule has 0 saturated carbocycles. The zero-order valence-electron chi connectivity index (χ0n) is 12.0. The predicted octanol–water partition coefficient (Wildman–Crippen LogP) is 0.746. The molecule has 0 aromatic heterocycles. The molecular formula is C16H18ClNO4. The lowest BCUT2D eigenvalue weighted by Gasteiger charge is -2.53. The molecule has 3 rings (SSSR count). The van der Waals surface area contributed by atoms with Crippen molar-refractivity contribution in [2.75, 3.05) is 5.88 Å². The van der Waals surface area contributed by atoms with E-state index in [4.69, 9.17) is 22.8 Å². The zero-order chi connectivity index (χ0) is 16.0. The van der Waals surface area contributed by atoms with Gasteiger partial charge in [0, 0.05) is 11.8 Å². The molecule has 6 heteroatoms. The van der Waals surface area contributed by atoms with Crippen molar-refractivity contribution in [2.45, 2.75) is 42.9 Å². The minimum Gasteiger partial charge on any atom is -0.440 e. The summed E-state index contributed by atoms with van der Waals surface area (Å²) in [5.41, 5.74) is -3.00. The number of carbonyl (C=O) groups excluding carboxylic acids is 2. The van der Waals surface area contributed by atoms with Crippen molar-refractivity contribution >= 4 is 23.5 Å². The summed E-state index contributed by atoms with van der Waals surface area (Å²) in [5, 5.41) is 13.5. The minimum atomic E-state index is -1.55. The molecule has 2 aliphatic heterocycles. The van der Waals surface area contributed by atoms with Crippen LogP contribution in [0, 0.1) is 24.2 Å². The van der Waals surface area contributed by atoms with E-state index in [2.05, 4.69) is 11.2 Å². The van der Waals surface area contributed by atoms with E-state index >= 15 is 0 Å². The van der Waals surface area contributed by atoms with Crippen LogP contribution in [0.4, 0.5) is 0 Å². The van der Waals surface area contributed by atoms with E-state index < -0.39 is 29.1 Å². The summed E-state index contributed by atoms with van der Waals surface area (Å²) in [7, 11) is 0. The number of aliphatic hydroxyl groups excluding tert-OH is 1. The van der Waals surface area contributed by atoms with Crippen molar-refractivity contribution < 1.29 is 19.4 Å². The molecule has 5 nitrogen and oxygen atoms in total. The number of terminal acetylenes is 1. The van der Waals surface area contributed by atoms with Crippen molar-refractivity contribution in [2.24, 2.45) is 11.8 Å². The third-order valence-corrected chi connectivity index (χ3v) is 5.26. The standard InChI is InChI=1S/C16H18ClNO4/c1-2-15-11(8-9-17)13(20)18-16(15,14(21)22-15)12(19)10-6-4-3-5-7-10/h1,4,6,10-12,19H,3,5,7-9H2,(H,18,20)/t10-,11+,12+,15+,16+/m1/s1. The quantitative estimate of drug-likeness (QED) is 0.346. The van der Waals surface area contributed by atoms with E-state index in [1.807, 2.05) is 12.2 Å². The lowest BCUT2D eigenvalue weighted by atomic mass is 9.64. The molecule has 1 aliphatic carbocycles. The second kappa shape index (κ2) is 5.29. The summed E-state index contributed by atoms with van der Waals surface area (Å²) in [6, 6.07) is 0. The first-order chi connectivity index (χ1) is 10.5. The number of carbonyl (C=O) groups is 2. The molecule has 0 bridgehead atoms. The number of allylic oxidation sites excluding steroid dienone is 1. The van der Waals surface area contributed by atoms with Crippen LogP contribution in [0.1, 0.15) is 25.7 Å². The maximum Gasteiger partial charge on any atom is 0.341 e. The van der Waals surface area contributed by atoms with Crippen LogP contribution in [0.5, 0.6) is 0 Å². The van der Waals surface area contributed by atoms with Gasteiger partial charge in [-0.2, -0.15) is 0 Å². The second-order valence-corrected chi connectivity index (χ2v) is 6.44. The third-order valence-electron chi connectivity index (χ3n) is 5.04.